The minimum absolute atomic E-state index is 0.633. The first-order chi connectivity index (χ1) is 6.42. The van der Waals surface area contributed by atoms with Gasteiger partial charge in [-0.1, -0.05) is 24.3 Å². The van der Waals surface area contributed by atoms with Crippen LogP contribution in [0.25, 0.3) is 10.8 Å². The van der Waals surface area contributed by atoms with Crippen LogP contribution in [0.1, 0.15) is 0 Å². The largest absolute Gasteiger partial charge is 0.262 e. The zero-order valence-corrected chi connectivity index (χ0v) is 6.77. The highest BCUT2D eigenvalue weighted by atomic mass is 16.3. The van der Waals surface area contributed by atoms with Crippen molar-refractivity contribution in [2.24, 2.45) is 5.29 Å². The van der Waals surface area contributed by atoms with Crippen molar-refractivity contribution in [2.75, 3.05) is 5.43 Å². The molecular formula is C9H7N3O. The summed E-state index contributed by atoms with van der Waals surface area (Å²) >= 11 is 0. The van der Waals surface area contributed by atoms with Crippen LogP contribution in [0.4, 0.5) is 5.69 Å². The Morgan fingerprint density at radius 1 is 1.23 bits per heavy atom. The molecule has 2 rings (SSSR count). The fourth-order valence-electron chi connectivity index (χ4n) is 1.25. The van der Waals surface area contributed by atoms with Crippen LogP contribution in [0.5, 0.6) is 0 Å². The van der Waals surface area contributed by atoms with E-state index >= 15 is 0 Å². The highest BCUT2D eigenvalue weighted by molar-refractivity contribution is 5.92. The minimum Gasteiger partial charge on any atom is -0.262 e. The van der Waals surface area contributed by atoms with E-state index < -0.39 is 0 Å². The van der Waals surface area contributed by atoms with E-state index in [1.54, 1.807) is 12.4 Å². The summed E-state index contributed by atoms with van der Waals surface area (Å²) in [7, 11) is 0. The molecule has 0 spiro atoms. The maximum Gasteiger partial charge on any atom is 0.0855 e. The Morgan fingerprint density at radius 2 is 2.08 bits per heavy atom. The summed E-state index contributed by atoms with van der Waals surface area (Å²) in [5.74, 6) is 0. The van der Waals surface area contributed by atoms with Gasteiger partial charge in [0.1, 0.15) is 0 Å². The average Bonchev–Trinajstić information content (AvgIpc) is 2.19. The standard InChI is InChI=1S/C9H7N3O/c13-12-11-9-6-10-5-7-3-1-2-4-8(7)9/h1-6H,(H,11,13). The average molecular weight is 173 g/mol. The van der Waals surface area contributed by atoms with Crippen molar-refractivity contribution in [1.82, 2.24) is 4.98 Å². The molecule has 64 valence electrons. The minimum atomic E-state index is 0.633. The molecule has 0 unspecified atom stereocenters. The topological polar surface area (TPSA) is 54.4 Å². The lowest BCUT2D eigenvalue weighted by molar-refractivity contribution is 1.28. The summed E-state index contributed by atoms with van der Waals surface area (Å²) in [6.45, 7) is 0. The van der Waals surface area contributed by atoms with Gasteiger partial charge in [0.05, 0.1) is 17.2 Å². The third-order valence-electron chi connectivity index (χ3n) is 1.83. The number of rotatable bonds is 2. The van der Waals surface area contributed by atoms with Gasteiger partial charge in [-0.05, 0) is 0 Å². The number of nitroso groups, excluding NO2 is 1. The van der Waals surface area contributed by atoms with Crippen molar-refractivity contribution < 1.29 is 0 Å². The first-order valence-corrected chi connectivity index (χ1v) is 3.83. The van der Waals surface area contributed by atoms with E-state index in [1.807, 2.05) is 24.3 Å². The molecule has 0 atom stereocenters. The van der Waals surface area contributed by atoms with Crippen molar-refractivity contribution in [2.45, 2.75) is 0 Å². The van der Waals surface area contributed by atoms with Crippen LogP contribution in [0, 0.1) is 4.91 Å². The molecule has 4 nitrogen and oxygen atoms in total. The molecule has 0 aliphatic rings. The van der Waals surface area contributed by atoms with Crippen LogP contribution >= 0.6 is 0 Å². The quantitative estimate of drug-likeness (QED) is 0.560. The van der Waals surface area contributed by atoms with Crippen LogP contribution in [0.3, 0.4) is 0 Å². The van der Waals surface area contributed by atoms with Gasteiger partial charge in [-0.15, -0.1) is 4.91 Å². The van der Waals surface area contributed by atoms with E-state index in [2.05, 4.69) is 15.7 Å². The number of pyridine rings is 1. The molecule has 0 fully saturated rings. The Labute approximate surface area is 74.5 Å². The lowest BCUT2D eigenvalue weighted by atomic mass is 10.1. The normalized spacial score (nSPS) is 9.85. The van der Waals surface area contributed by atoms with Crippen LogP contribution in [0.15, 0.2) is 41.9 Å². The summed E-state index contributed by atoms with van der Waals surface area (Å²) < 4.78 is 0. The Kier molecular flexibility index (Phi) is 1.88. The number of benzene rings is 1. The molecule has 0 amide bonds. The van der Waals surface area contributed by atoms with E-state index in [0.717, 1.165) is 10.8 Å². The molecule has 13 heavy (non-hydrogen) atoms. The molecule has 4 heteroatoms. The zero-order valence-electron chi connectivity index (χ0n) is 6.77. The molecular weight excluding hydrogens is 166 g/mol. The van der Waals surface area contributed by atoms with Crippen molar-refractivity contribution in [1.29, 1.82) is 0 Å². The van der Waals surface area contributed by atoms with Crippen LogP contribution in [-0.4, -0.2) is 4.98 Å². The third kappa shape index (κ3) is 1.33. The van der Waals surface area contributed by atoms with Crippen LogP contribution in [0.2, 0.25) is 0 Å². The Morgan fingerprint density at radius 3 is 2.92 bits per heavy atom. The summed E-state index contributed by atoms with van der Waals surface area (Å²) in [6, 6.07) is 7.66. The van der Waals surface area contributed by atoms with Gasteiger partial charge in [0.25, 0.3) is 0 Å². The molecule has 0 aliphatic carbocycles. The van der Waals surface area contributed by atoms with E-state index in [-0.39, 0.29) is 0 Å². The first kappa shape index (κ1) is 7.67. The van der Waals surface area contributed by atoms with Gasteiger partial charge < -0.3 is 0 Å². The van der Waals surface area contributed by atoms with Gasteiger partial charge in [0.2, 0.25) is 0 Å². The molecule has 0 aliphatic heterocycles. The van der Waals surface area contributed by atoms with Gasteiger partial charge in [-0.2, -0.15) is 0 Å². The van der Waals surface area contributed by atoms with Crippen LogP contribution in [-0.2, 0) is 0 Å². The van der Waals surface area contributed by atoms with E-state index in [9.17, 15) is 4.91 Å². The van der Waals surface area contributed by atoms with Crippen molar-refractivity contribution in [3.8, 4) is 0 Å². The molecule has 1 heterocycles. The number of nitrogens with one attached hydrogen (secondary N) is 1. The predicted octanol–water partition coefficient (Wildman–Crippen LogP) is 2.33. The number of fused-ring (bicyclic) bond motifs is 1. The number of aromatic nitrogens is 1. The molecule has 0 saturated carbocycles. The van der Waals surface area contributed by atoms with Gasteiger partial charge in [-0.3, -0.25) is 4.98 Å². The Balaban J connectivity index is 2.68. The number of anilines is 1. The van der Waals surface area contributed by atoms with Gasteiger partial charge in [-0.25, -0.2) is 5.43 Å². The smallest absolute Gasteiger partial charge is 0.0855 e. The first-order valence-electron chi connectivity index (χ1n) is 3.83. The van der Waals surface area contributed by atoms with Crippen molar-refractivity contribution >= 4 is 16.5 Å². The Hall–Kier alpha value is -1.97. The molecule has 0 saturated heterocycles. The van der Waals surface area contributed by atoms with Gasteiger partial charge in [0, 0.05) is 17.0 Å². The van der Waals surface area contributed by atoms with E-state index in [4.69, 9.17) is 0 Å². The molecule has 1 aromatic heterocycles. The molecule has 0 bridgehead atoms. The molecule has 2 aromatic rings. The highest BCUT2D eigenvalue weighted by Gasteiger charge is 1.98. The predicted molar refractivity (Wildman–Crippen MR) is 51.2 cm³/mol. The third-order valence-corrected chi connectivity index (χ3v) is 1.83. The molecule has 0 radical (unpaired) electrons. The Bertz CT molecular complexity index is 436. The summed E-state index contributed by atoms with van der Waals surface area (Å²) in [4.78, 5) is 14.0. The van der Waals surface area contributed by atoms with Gasteiger partial charge >= 0.3 is 0 Å². The monoisotopic (exact) mass is 173 g/mol. The van der Waals surface area contributed by atoms with Crippen LogP contribution < -0.4 is 5.43 Å². The second-order valence-corrected chi connectivity index (χ2v) is 2.61. The number of nitrogens with zero attached hydrogens (tertiary/aromatic N) is 2. The van der Waals surface area contributed by atoms with E-state index in [0.29, 0.717) is 5.69 Å². The fraction of sp³-hybridized carbons (Fsp3) is 0. The summed E-state index contributed by atoms with van der Waals surface area (Å²) in [6.07, 6.45) is 3.31. The lowest BCUT2D eigenvalue weighted by Gasteiger charge is -2.01. The number of hydrogen-bond acceptors (Lipinski definition) is 3. The van der Waals surface area contributed by atoms with Crippen molar-refractivity contribution in [3.05, 3.63) is 41.6 Å². The molecule has 1 N–H and O–H groups in total. The second-order valence-electron chi connectivity index (χ2n) is 2.61. The second kappa shape index (κ2) is 3.18. The fourth-order valence-corrected chi connectivity index (χ4v) is 1.25. The van der Waals surface area contributed by atoms with Crippen molar-refractivity contribution in [3.63, 3.8) is 0 Å². The maximum atomic E-state index is 10.0. The SMILES string of the molecule is O=NNc1cncc2ccccc12. The summed E-state index contributed by atoms with van der Waals surface area (Å²) in [5.41, 5.74) is 2.99. The maximum absolute atomic E-state index is 10.0. The molecule has 1 aromatic carbocycles. The number of hydrogen-bond donors (Lipinski definition) is 1. The lowest BCUT2D eigenvalue weighted by Crippen LogP contribution is -1.88. The van der Waals surface area contributed by atoms with E-state index in [1.165, 1.54) is 0 Å². The zero-order chi connectivity index (χ0) is 9.10. The van der Waals surface area contributed by atoms with Gasteiger partial charge in [0.15, 0.2) is 0 Å². The summed E-state index contributed by atoms with van der Waals surface area (Å²) in [5, 5.41) is 4.54. The highest BCUT2D eigenvalue weighted by Crippen LogP contribution is 2.20.